The van der Waals surface area contributed by atoms with E-state index in [1.54, 1.807) is 25.4 Å². The Kier molecular flexibility index (Phi) is 5.07. The van der Waals surface area contributed by atoms with Crippen molar-refractivity contribution in [1.82, 2.24) is 15.0 Å². The van der Waals surface area contributed by atoms with Crippen LogP contribution >= 0.6 is 11.6 Å². The first-order valence-electron chi connectivity index (χ1n) is 10.1. The first-order valence-corrected chi connectivity index (χ1v) is 10.5. The number of pyridine rings is 1. The number of fused-ring (bicyclic) bond motifs is 2. The van der Waals surface area contributed by atoms with Crippen LogP contribution in [0.1, 0.15) is 5.56 Å². The molecule has 0 aliphatic rings. The number of hydrogen-bond acceptors (Lipinski definition) is 5. The lowest BCUT2D eigenvalue weighted by Crippen LogP contribution is -1.97. The number of rotatable bonds is 4. The van der Waals surface area contributed by atoms with Gasteiger partial charge in [0.05, 0.1) is 10.5 Å². The van der Waals surface area contributed by atoms with Gasteiger partial charge in [-0.15, -0.1) is 0 Å². The standard InChI is InChI=1S/C25H19ClFN5/c1-14-3-6-19-18(9-10-29-24(19)31-17-5-7-21(27)20(26)12-17)23(14)15-4-8-22-16(11-15)13-30-25(28-2)32-22/h3-13H,1-2H3,(H,29,31)(H,28,30,32). The van der Waals surface area contributed by atoms with Crippen LogP contribution in [0.15, 0.2) is 67.0 Å². The van der Waals surface area contributed by atoms with Gasteiger partial charge in [0.2, 0.25) is 5.95 Å². The summed E-state index contributed by atoms with van der Waals surface area (Å²) in [6.45, 7) is 2.09. The Bertz CT molecular complexity index is 1480. The molecule has 2 heterocycles. The van der Waals surface area contributed by atoms with Gasteiger partial charge >= 0.3 is 0 Å². The Morgan fingerprint density at radius 3 is 2.62 bits per heavy atom. The first kappa shape index (κ1) is 20.2. The van der Waals surface area contributed by atoms with E-state index < -0.39 is 5.82 Å². The third-order valence-electron chi connectivity index (χ3n) is 5.43. The topological polar surface area (TPSA) is 62.7 Å². The summed E-state index contributed by atoms with van der Waals surface area (Å²) in [6, 6.07) is 16.8. The molecule has 0 amide bonds. The minimum Gasteiger partial charge on any atom is -0.357 e. The van der Waals surface area contributed by atoms with E-state index in [0.29, 0.717) is 17.5 Å². The Hall–Kier alpha value is -3.77. The SMILES string of the molecule is CNc1ncc2cc(-c3c(C)ccc4c(Nc5ccc(F)c(Cl)c5)nccc34)ccc2n1. The quantitative estimate of drug-likeness (QED) is 0.322. The number of nitrogens with zero attached hydrogens (tertiary/aromatic N) is 3. The average molecular weight is 444 g/mol. The monoisotopic (exact) mass is 443 g/mol. The summed E-state index contributed by atoms with van der Waals surface area (Å²) in [7, 11) is 1.80. The molecule has 2 aromatic heterocycles. The minimum absolute atomic E-state index is 0.0617. The molecule has 0 saturated carbocycles. The number of aryl methyl sites for hydroxylation is 1. The van der Waals surface area contributed by atoms with Crippen LogP contribution < -0.4 is 10.6 Å². The molecule has 0 saturated heterocycles. The maximum Gasteiger partial charge on any atom is 0.222 e. The number of aromatic nitrogens is 3. The van der Waals surface area contributed by atoms with E-state index in [1.807, 2.05) is 24.4 Å². The Morgan fingerprint density at radius 2 is 1.81 bits per heavy atom. The fourth-order valence-corrected chi connectivity index (χ4v) is 4.05. The van der Waals surface area contributed by atoms with Crippen LogP contribution in [-0.2, 0) is 0 Å². The van der Waals surface area contributed by atoms with Gasteiger partial charge in [0.15, 0.2) is 0 Å². The van der Waals surface area contributed by atoms with Gasteiger partial charge in [-0.05, 0) is 65.4 Å². The lowest BCUT2D eigenvalue weighted by molar-refractivity contribution is 0.628. The van der Waals surface area contributed by atoms with Crippen molar-refractivity contribution in [3.8, 4) is 11.1 Å². The van der Waals surface area contributed by atoms with E-state index in [0.717, 1.165) is 38.4 Å². The van der Waals surface area contributed by atoms with Crippen molar-refractivity contribution >= 4 is 50.7 Å². The molecule has 0 aliphatic heterocycles. The summed E-state index contributed by atoms with van der Waals surface area (Å²) in [5.74, 6) is 0.812. The molecule has 2 N–H and O–H groups in total. The summed E-state index contributed by atoms with van der Waals surface area (Å²) in [4.78, 5) is 13.4. The van der Waals surface area contributed by atoms with Gasteiger partial charge in [0.1, 0.15) is 11.6 Å². The van der Waals surface area contributed by atoms with Crippen LogP contribution in [0.5, 0.6) is 0 Å². The molecule has 7 heteroatoms. The Balaban J connectivity index is 1.64. The molecule has 0 aliphatic carbocycles. The van der Waals surface area contributed by atoms with E-state index in [1.165, 1.54) is 6.07 Å². The molecule has 3 aromatic carbocycles. The normalized spacial score (nSPS) is 11.1. The fourth-order valence-electron chi connectivity index (χ4n) is 3.87. The Labute approximate surface area is 189 Å². The van der Waals surface area contributed by atoms with Crippen LogP contribution in [0.25, 0.3) is 32.8 Å². The minimum atomic E-state index is -0.455. The molecule has 32 heavy (non-hydrogen) atoms. The van der Waals surface area contributed by atoms with Gasteiger partial charge in [0.25, 0.3) is 0 Å². The van der Waals surface area contributed by atoms with Gasteiger partial charge < -0.3 is 10.6 Å². The summed E-state index contributed by atoms with van der Waals surface area (Å²) in [5, 5.41) is 9.27. The van der Waals surface area contributed by atoms with Gasteiger partial charge in [-0.3, -0.25) is 0 Å². The molecule has 5 nitrogen and oxygen atoms in total. The Morgan fingerprint density at radius 1 is 0.938 bits per heavy atom. The predicted molar refractivity (Wildman–Crippen MR) is 129 cm³/mol. The second-order valence-electron chi connectivity index (χ2n) is 7.48. The maximum absolute atomic E-state index is 13.5. The van der Waals surface area contributed by atoms with Crippen molar-refractivity contribution < 1.29 is 4.39 Å². The van der Waals surface area contributed by atoms with Crippen molar-refractivity contribution in [3.05, 3.63) is 83.4 Å². The van der Waals surface area contributed by atoms with E-state index >= 15 is 0 Å². The number of nitrogens with one attached hydrogen (secondary N) is 2. The molecule has 0 atom stereocenters. The van der Waals surface area contributed by atoms with Crippen LogP contribution in [-0.4, -0.2) is 22.0 Å². The van der Waals surface area contributed by atoms with E-state index in [2.05, 4.69) is 50.7 Å². The molecule has 0 radical (unpaired) electrons. The molecule has 158 valence electrons. The summed E-state index contributed by atoms with van der Waals surface area (Å²) in [5.41, 5.74) is 4.88. The largest absolute Gasteiger partial charge is 0.357 e. The number of halogens is 2. The summed E-state index contributed by atoms with van der Waals surface area (Å²) >= 11 is 5.94. The second-order valence-corrected chi connectivity index (χ2v) is 7.89. The number of benzene rings is 3. The molecule has 0 spiro atoms. The first-order chi connectivity index (χ1) is 15.5. The van der Waals surface area contributed by atoms with Gasteiger partial charge in [-0.2, -0.15) is 0 Å². The van der Waals surface area contributed by atoms with Crippen LogP contribution in [0.3, 0.4) is 0 Å². The van der Waals surface area contributed by atoms with Gasteiger partial charge in [-0.1, -0.05) is 29.8 Å². The van der Waals surface area contributed by atoms with Crippen LogP contribution in [0, 0.1) is 12.7 Å². The van der Waals surface area contributed by atoms with Gasteiger partial charge in [0, 0.05) is 35.9 Å². The van der Waals surface area contributed by atoms with Crippen LogP contribution in [0.4, 0.5) is 21.8 Å². The highest BCUT2D eigenvalue weighted by Crippen LogP contribution is 2.36. The molecule has 0 unspecified atom stereocenters. The lowest BCUT2D eigenvalue weighted by atomic mass is 9.94. The fraction of sp³-hybridized carbons (Fsp3) is 0.0800. The summed E-state index contributed by atoms with van der Waals surface area (Å²) < 4.78 is 13.5. The van der Waals surface area contributed by atoms with E-state index in [9.17, 15) is 4.39 Å². The third-order valence-corrected chi connectivity index (χ3v) is 5.72. The van der Waals surface area contributed by atoms with Crippen molar-refractivity contribution in [2.45, 2.75) is 6.92 Å². The predicted octanol–water partition coefficient (Wildman–Crippen LogP) is 6.73. The third kappa shape index (κ3) is 3.59. The molecule has 5 aromatic rings. The molecular formula is C25H19ClFN5. The molecule has 0 bridgehead atoms. The zero-order chi connectivity index (χ0) is 22.2. The lowest BCUT2D eigenvalue weighted by Gasteiger charge is -2.15. The average Bonchev–Trinajstić information content (AvgIpc) is 2.81. The zero-order valence-corrected chi connectivity index (χ0v) is 18.2. The van der Waals surface area contributed by atoms with Crippen molar-refractivity contribution in [3.63, 3.8) is 0 Å². The number of hydrogen-bond donors (Lipinski definition) is 2. The number of anilines is 3. The van der Waals surface area contributed by atoms with E-state index in [-0.39, 0.29) is 5.02 Å². The molecule has 0 fully saturated rings. The van der Waals surface area contributed by atoms with Crippen LogP contribution in [0.2, 0.25) is 5.02 Å². The second kappa shape index (κ2) is 8.05. The van der Waals surface area contributed by atoms with Crippen molar-refractivity contribution in [2.75, 3.05) is 17.7 Å². The molecular weight excluding hydrogens is 425 g/mol. The van der Waals surface area contributed by atoms with Crippen molar-refractivity contribution in [1.29, 1.82) is 0 Å². The summed E-state index contributed by atoms with van der Waals surface area (Å²) in [6.07, 6.45) is 3.59. The highest BCUT2D eigenvalue weighted by atomic mass is 35.5. The van der Waals surface area contributed by atoms with Gasteiger partial charge in [-0.25, -0.2) is 19.3 Å². The zero-order valence-electron chi connectivity index (χ0n) is 17.4. The molecule has 5 rings (SSSR count). The van der Waals surface area contributed by atoms with Crippen molar-refractivity contribution in [2.24, 2.45) is 0 Å². The van der Waals surface area contributed by atoms with E-state index in [4.69, 9.17) is 11.6 Å². The smallest absolute Gasteiger partial charge is 0.222 e. The highest BCUT2D eigenvalue weighted by Gasteiger charge is 2.13. The maximum atomic E-state index is 13.5. The highest BCUT2D eigenvalue weighted by molar-refractivity contribution is 6.31.